The van der Waals surface area contributed by atoms with Gasteiger partial charge in [0.2, 0.25) is 5.91 Å². The number of hydrogen-bond donors (Lipinski definition) is 2. The lowest BCUT2D eigenvalue weighted by molar-refractivity contribution is -0.174. The van der Waals surface area contributed by atoms with Crippen molar-refractivity contribution in [2.24, 2.45) is 11.3 Å². The van der Waals surface area contributed by atoms with E-state index in [2.05, 4.69) is 5.43 Å². The Morgan fingerprint density at radius 3 is 2.24 bits per heavy atom. The lowest BCUT2D eigenvalue weighted by atomic mass is 9.88. The molecule has 2 saturated heterocycles. The number of carbonyl (C=O) groups excluding carboxylic acids is 4. The van der Waals surface area contributed by atoms with Crippen molar-refractivity contribution >= 4 is 47.1 Å². The highest BCUT2D eigenvalue weighted by atomic mass is 16.6. The van der Waals surface area contributed by atoms with Crippen molar-refractivity contribution < 1.29 is 43.3 Å². The number of benzene rings is 1. The van der Waals surface area contributed by atoms with Crippen molar-refractivity contribution in [1.82, 2.24) is 25.2 Å². The number of nitrogens with zero attached hydrogens (tertiary/aromatic N) is 4. The van der Waals surface area contributed by atoms with Gasteiger partial charge in [-0.1, -0.05) is 44.2 Å². The molecule has 14 heteroatoms. The van der Waals surface area contributed by atoms with Gasteiger partial charge < -0.3 is 29.1 Å². The fourth-order valence-electron chi connectivity index (χ4n) is 5.94. The number of rotatable bonds is 1. The molecule has 3 amide bonds. The Morgan fingerprint density at radius 2 is 1.59 bits per heavy atom. The second kappa shape index (κ2) is 16.3. The van der Waals surface area contributed by atoms with E-state index in [1.807, 2.05) is 43.3 Å². The zero-order valence-electron chi connectivity index (χ0n) is 29.0. The first kappa shape index (κ1) is 37.4. The number of carboxylic acid groups (broad SMARTS) is 1. The van der Waals surface area contributed by atoms with Gasteiger partial charge in [0, 0.05) is 26.0 Å². The van der Waals surface area contributed by atoms with Gasteiger partial charge >= 0.3 is 5.97 Å². The van der Waals surface area contributed by atoms with Crippen LogP contribution in [0.15, 0.2) is 36.4 Å². The van der Waals surface area contributed by atoms with E-state index in [0.29, 0.717) is 32.6 Å². The number of carbonyl (C=O) groups is 5. The smallest absolute Gasteiger partial charge is 0.321 e. The maximum atomic E-state index is 14.0. The fraction of sp³-hybridized carbons (Fsp3) is 0.543. The molecule has 1 spiro atoms. The molecule has 2 N–H and O–H groups in total. The molecule has 2 fully saturated rings. The molecular weight excluding hydrogens is 634 g/mol. The van der Waals surface area contributed by atoms with Crippen molar-refractivity contribution in [2.45, 2.75) is 64.8 Å². The van der Waals surface area contributed by atoms with E-state index in [1.54, 1.807) is 38.8 Å². The largest absolute Gasteiger partial charge is 0.483 e. The summed E-state index contributed by atoms with van der Waals surface area (Å²) in [5.41, 5.74) is 4.06. The molecule has 1 aromatic carbocycles. The summed E-state index contributed by atoms with van der Waals surface area (Å²) in [6, 6.07) is 7.85. The minimum absolute atomic E-state index is 0.0156. The quantitative estimate of drug-likeness (QED) is 0.335. The van der Waals surface area contributed by atoms with Crippen LogP contribution in [0.2, 0.25) is 0 Å². The molecule has 0 radical (unpaired) electrons. The van der Waals surface area contributed by atoms with Gasteiger partial charge in [-0.15, -0.1) is 0 Å². The fourth-order valence-corrected chi connectivity index (χ4v) is 5.94. The number of hydrogen-bond acceptors (Lipinski definition) is 10. The average molecular weight is 682 g/mol. The van der Waals surface area contributed by atoms with Crippen LogP contribution in [0.5, 0.6) is 0 Å². The maximum Gasteiger partial charge on any atom is 0.321 e. The number of ether oxygens (including phenoxy) is 3. The van der Waals surface area contributed by atoms with Crippen molar-refractivity contribution in [1.29, 1.82) is 0 Å². The van der Waals surface area contributed by atoms with E-state index >= 15 is 0 Å². The molecule has 1 aromatic heterocycles. The summed E-state index contributed by atoms with van der Waals surface area (Å²) in [6.07, 6.45) is 3.56. The highest BCUT2D eigenvalue weighted by Gasteiger charge is 2.44. The second-order valence-electron chi connectivity index (χ2n) is 13.0. The normalized spacial score (nSPS) is 26.2. The molecule has 49 heavy (non-hydrogen) atoms. The monoisotopic (exact) mass is 681 g/mol. The molecule has 3 aliphatic heterocycles. The van der Waals surface area contributed by atoms with E-state index in [9.17, 15) is 19.2 Å². The summed E-state index contributed by atoms with van der Waals surface area (Å²) in [5.74, 6) is -2.05. The minimum Gasteiger partial charge on any atom is -0.483 e. The first-order chi connectivity index (χ1) is 23.3. The number of amides is 3. The third kappa shape index (κ3) is 8.43. The van der Waals surface area contributed by atoms with Gasteiger partial charge in [-0.3, -0.25) is 34.0 Å². The van der Waals surface area contributed by atoms with Crippen LogP contribution in [0.4, 0.5) is 0 Å². The van der Waals surface area contributed by atoms with Gasteiger partial charge in [-0.25, -0.2) is 5.43 Å². The summed E-state index contributed by atoms with van der Waals surface area (Å²) >= 11 is 0. The highest BCUT2D eigenvalue weighted by molar-refractivity contribution is 5.92. The second-order valence-corrected chi connectivity index (χ2v) is 13.0. The Bertz CT molecular complexity index is 1560. The molecule has 0 saturated carbocycles. The maximum absolute atomic E-state index is 14.0. The molecular formula is C35H47N5O9. The summed E-state index contributed by atoms with van der Waals surface area (Å²) in [6.45, 7) is 7.94. The highest BCUT2D eigenvalue weighted by Crippen LogP contribution is 2.30. The van der Waals surface area contributed by atoms with Gasteiger partial charge in [-0.05, 0) is 50.3 Å². The summed E-state index contributed by atoms with van der Waals surface area (Å²) in [7, 11) is 3.26. The predicted molar refractivity (Wildman–Crippen MR) is 180 cm³/mol. The number of likely N-dealkylation sites (N-methyl/N-ethyl adjacent to an activating group) is 2. The predicted octanol–water partition coefficient (Wildman–Crippen LogP) is 2.43. The van der Waals surface area contributed by atoms with Gasteiger partial charge in [0.25, 0.3) is 18.3 Å². The lowest BCUT2D eigenvalue weighted by Gasteiger charge is -2.39. The molecule has 5 bridgehead atoms. The van der Waals surface area contributed by atoms with Crippen LogP contribution in [-0.4, -0.2) is 120 Å². The molecule has 0 unspecified atom stereocenters. The number of fused-ring (bicyclic) bond motifs is 4. The van der Waals surface area contributed by atoms with E-state index in [-0.39, 0.29) is 43.5 Å². The van der Waals surface area contributed by atoms with E-state index in [0.717, 1.165) is 22.2 Å². The molecule has 2 aromatic rings. The minimum atomic E-state index is -1.31. The number of cyclic esters (lactones) is 1. The molecule has 3 aliphatic rings. The summed E-state index contributed by atoms with van der Waals surface area (Å²) < 4.78 is 17.5. The Morgan fingerprint density at radius 1 is 0.959 bits per heavy atom. The van der Waals surface area contributed by atoms with Crippen molar-refractivity contribution in [2.75, 3.05) is 47.1 Å². The van der Waals surface area contributed by atoms with Gasteiger partial charge in [0.15, 0.2) is 6.10 Å². The molecule has 4 atom stereocenters. The average Bonchev–Trinajstić information content (AvgIpc) is 3.37. The number of nitrogens with one attached hydrogen (secondary N) is 1. The van der Waals surface area contributed by atoms with E-state index in [4.69, 9.17) is 29.1 Å². The van der Waals surface area contributed by atoms with Crippen molar-refractivity contribution in [3.05, 3.63) is 47.7 Å². The summed E-state index contributed by atoms with van der Waals surface area (Å²) in [4.78, 5) is 71.4. The molecule has 0 aliphatic carbocycles. The van der Waals surface area contributed by atoms with E-state index < -0.39 is 35.5 Å². The van der Waals surface area contributed by atoms with Crippen LogP contribution in [0, 0.1) is 11.3 Å². The molecule has 5 rings (SSSR count). The number of esters is 1. The van der Waals surface area contributed by atoms with Gasteiger partial charge in [-0.2, -0.15) is 0 Å². The zero-order chi connectivity index (χ0) is 35.9. The van der Waals surface area contributed by atoms with Crippen LogP contribution >= 0.6 is 0 Å². The first-order valence-corrected chi connectivity index (χ1v) is 16.5. The molecule has 4 heterocycles. The van der Waals surface area contributed by atoms with Crippen LogP contribution in [-0.2, 0) is 38.2 Å². The third-order valence-electron chi connectivity index (χ3n) is 9.31. The van der Waals surface area contributed by atoms with Crippen LogP contribution in [0.25, 0.3) is 17.0 Å². The SMILES string of the molecule is CC(C)[C@@H]1OC(=O)C2(/C=C\c3ccc4ccc(nc4c3)[C@@H](C)N(C)C(=O)[C@@H]3CCCN(N3)C(=O)[C@H](C)N(C)C1=O)COCCOC2.O=CO. The Balaban J connectivity index is 0.00000174. The first-order valence-electron chi connectivity index (χ1n) is 16.5. The van der Waals surface area contributed by atoms with Gasteiger partial charge in [0.05, 0.1) is 43.7 Å². The number of aromatic nitrogens is 1. The number of pyridine rings is 1. The van der Waals surface area contributed by atoms with Gasteiger partial charge in [0.1, 0.15) is 17.5 Å². The molecule has 266 valence electrons. The topological polar surface area (TPSA) is 168 Å². The van der Waals surface area contributed by atoms with Crippen LogP contribution in [0.3, 0.4) is 0 Å². The van der Waals surface area contributed by atoms with Crippen LogP contribution < -0.4 is 5.43 Å². The molecule has 14 nitrogen and oxygen atoms in total. The van der Waals surface area contributed by atoms with Crippen molar-refractivity contribution in [3.8, 4) is 0 Å². The number of hydrazine groups is 1. The summed E-state index contributed by atoms with van der Waals surface area (Å²) in [5, 5.41) is 9.24. The lowest BCUT2D eigenvalue weighted by Crippen LogP contribution is -2.61. The Kier molecular flexibility index (Phi) is 12.5. The zero-order valence-corrected chi connectivity index (χ0v) is 29.0. The van der Waals surface area contributed by atoms with Crippen LogP contribution in [0.1, 0.15) is 57.8 Å². The Labute approximate surface area is 286 Å². The standard InChI is InChI=1S/C34H45N5O7.CH2O2/c1-21(2)29-32(42)38(6)23(4)30(40)39-15-7-8-27(36-39)31(41)37(5)22(3)26-12-11-25-10-9-24(18-28(25)35-26)13-14-34(33(43)46-29)19-44-16-17-45-20-34;2-1-3/h9-14,18,21-23,27,29,36H,7-8,15-17,19-20H2,1-6H3;1H,(H,2,3)/b14-13-;/t22-,23+,27+,29+;/m1./s1. The Hall–Kier alpha value is -4.40. The van der Waals surface area contributed by atoms with Crippen molar-refractivity contribution in [3.63, 3.8) is 0 Å². The van der Waals surface area contributed by atoms with E-state index in [1.165, 1.54) is 17.0 Å². The third-order valence-corrected chi connectivity index (χ3v) is 9.31.